The molecule has 12 heavy (non-hydrogen) atoms. The van der Waals surface area contributed by atoms with E-state index >= 15 is 0 Å². The Bertz CT molecular complexity index is 267. The minimum Gasteiger partial charge on any atom is -0.0823 e. The molecule has 1 aromatic carbocycles. The maximum Gasteiger partial charge on any atom is 0.0150 e. The second-order valence-corrected chi connectivity index (χ2v) is 5.22. The van der Waals surface area contributed by atoms with Crippen molar-refractivity contribution >= 4 is 22.6 Å². The molecule has 0 bridgehead atoms. The Morgan fingerprint density at radius 3 is 2.75 bits per heavy atom. The number of aryl methyl sites for hydroxylation is 1. The lowest BCUT2D eigenvalue weighted by Gasteiger charge is -2.05. The zero-order valence-corrected chi connectivity index (χ0v) is 9.25. The second kappa shape index (κ2) is 3.77. The normalized spacial score (nSPS) is 22.9. The van der Waals surface area contributed by atoms with Gasteiger partial charge in [0.1, 0.15) is 0 Å². The Labute approximate surface area is 87.5 Å². The van der Waals surface area contributed by atoms with Gasteiger partial charge < -0.3 is 0 Å². The van der Waals surface area contributed by atoms with Gasteiger partial charge in [0.15, 0.2) is 0 Å². The molecule has 1 unspecified atom stereocenters. The third-order valence-corrected chi connectivity index (χ3v) is 3.59. The first-order valence-electron chi connectivity index (χ1n) is 4.57. The molecule has 0 saturated carbocycles. The van der Waals surface area contributed by atoms with E-state index in [0.29, 0.717) is 0 Å². The fourth-order valence-corrected chi connectivity index (χ4v) is 2.77. The molecule has 64 valence electrons. The van der Waals surface area contributed by atoms with Crippen LogP contribution in [0.25, 0.3) is 0 Å². The summed E-state index contributed by atoms with van der Waals surface area (Å²) >= 11 is 2.58. The fraction of sp³-hybridized carbons (Fsp3) is 0.455. The van der Waals surface area contributed by atoms with E-state index in [1.165, 1.54) is 25.7 Å². The van der Waals surface area contributed by atoms with E-state index in [9.17, 15) is 0 Å². The molecule has 1 aromatic rings. The monoisotopic (exact) mass is 272 g/mol. The predicted molar refractivity (Wildman–Crippen MR) is 60.9 cm³/mol. The molecule has 0 fully saturated rings. The summed E-state index contributed by atoms with van der Waals surface area (Å²) in [6, 6.07) is 8.89. The topological polar surface area (TPSA) is 0 Å². The van der Waals surface area contributed by atoms with Crippen LogP contribution in [0.15, 0.2) is 24.3 Å². The molecule has 0 nitrogen and oxygen atoms in total. The van der Waals surface area contributed by atoms with Crippen molar-refractivity contribution in [2.75, 3.05) is 0 Å². The van der Waals surface area contributed by atoms with Gasteiger partial charge in [-0.15, -0.1) is 0 Å². The highest BCUT2D eigenvalue weighted by Crippen LogP contribution is 2.24. The second-order valence-electron chi connectivity index (χ2n) is 3.46. The summed E-state index contributed by atoms with van der Waals surface area (Å²) < 4.78 is 0.853. The average Bonchev–Trinajstić information content (AvgIpc) is 2.25. The molecular weight excluding hydrogens is 259 g/mol. The summed E-state index contributed by atoms with van der Waals surface area (Å²) in [4.78, 5) is 0. The Morgan fingerprint density at radius 2 is 1.92 bits per heavy atom. The van der Waals surface area contributed by atoms with E-state index in [0.717, 1.165) is 3.92 Å². The molecule has 1 heteroatoms. The van der Waals surface area contributed by atoms with Crippen LogP contribution in [0.1, 0.15) is 24.0 Å². The number of rotatable bonds is 0. The molecule has 0 heterocycles. The first-order chi connectivity index (χ1) is 5.86. The minimum absolute atomic E-state index is 0.853. The molecule has 1 aliphatic rings. The van der Waals surface area contributed by atoms with E-state index in [1.807, 2.05) is 0 Å². The average molecular weight is 272 g/mol. The van der Waals surface area contributed by atoms with Gasteiger partial charge in [-0.25, -0.2) is 0 Å². The fourth-order valence-electron chi connectivity index (χ4n) is 1.86. The Balaban J connectivity index is 2.31. The lowest BCUT2D eigenvalue weighted by Crippen LogP contribution is -1.99. The molecule has 1 atom stereocenters. The molecule has 0 aliphatic heterocycles. The number of alkyl halides is 1. The van der Waals surface area contributed by atoms with Crippen LogP contribution >= 0.6 is 22.6 Å². The smallest absolute Gasteiger partial charge is 0.0150 e. The van der Waals surface area contributed by atoms with Gasteiger partial charge in [-0.1, -0.05) is 46.9 Å². The van der Waals surface area contributed by atoms with Crippen LogP contribution in [-0.4, -0.2) is 3.92 Å². The summed E-state index contributed by atoms with van der Waals surface area (Å²) in [7, 11) is 0. The van der Waals surface area contributed by atoms with Crippen molar-refractivity contribution in [3.8, 4) is 0 Å². The van der Waals surface area contributed by atoms with Crippen molar-refractivity contribution in [3.63, 3.8) is 0 Å². The van der Waals surface area contributed by atoms with Crippen molar-refractivity contribution in [1.82, 2.24) is 0 Å². The van der Waals surface area contributed by atoms with Gasteiger partial charge in [0, 0.05) is 3.92 Å². The number of halogens is 1. The molecule has 2 rings (SSSR count). The first-order valence-corrected chi connectivity index (χ1v) is 5.81. The van der Waals surface area contributed by atoms with Crippen LogP contribution in [0, 0.1) is 0 Å². The molecule has 0 aromatic heterocycles. The van der Waals surface area contributed by atoms with Crippen LogP contribution in [-0.2, 0) is 12.8 Å². The van der Waals surface area contributed by atoms with Crippen LogP contribution in [0.3, 0.4) is 0 Å². The van der Waals surface area contributed by atoms with E-state index < -0.39 is 0 Å². The van der Waals surface area contributed by atoms with Gasteiger partial charge in [0.25, 0.3) is 0 Å². The lowest BCUT2D eigenvalue weighted by molar-refractivity contribution is 0.744. The number of hydrogen-bond acceptors (Lipinski definition) is 0. The van der Waals surface area contributed by atoms with E-state index in [1.54, 1.807) is 11.1 Å². The van der Waals surface area contributed by atoms with Crippen LogP contribution in [0.5, 0.6) is 0 Å². The van der Waals surface area contributed by atoms with Crippen molar-refractivity contribution in [2.45, 2.75) is 29.6 Å². The SMILES string of the molecule is IC1CCCc2ccccc2C1. The van der Waals surface area contributed by atoms with Crippen LogP contribution in [0.4, 0.5) is 0 Å². The van der Waals surface area contributed by atoms with Gasteiger partial charge in [0.05, 0.1) is 0 Å². The van der Waals surface area contributed by atoms with Gasteiger partial charge in [-0.2, -0.15) is 0 Å². The zero-order valence-electron chi connectivity index (χ0n) is 7.09. The summed E-state index contributed by atoms with van der Waals surface area (Å²) in [5.74, 6) is 0. The molecule has 1 aliphatic carbocycles. The Morgan fingerprint density at radius 1 is 1.17 bits per heavy atom. The maximum absolute atomic E-state index is 2.58. The van der Waals surface area contributed by atoms with E-state index in [2.05, 4.69) is 46.9 Å². The number of hydrogen-bond donors (Lipinski definition) is 0. The van der Waals surface area contributed by atoms with Crippen molar-refractivity contribution < 1.29 is 0 Å². The molecule has 0 radical (unpaired) electrons. The number of fused-ring (bicyclic) bond motifs is 1. The summed E-state index contributed by atoms with van der Waals surface area (Å²) in [5, 5.41) is 0. The third kappa shape index (κ3) is 1.82. The van der Waals surface area contributed by atoms with Gasteiger partial charge in [-0.3, -0.25) is 0 Å². The lowest BCUT2D eigenvalue weighted by atomic mass is 10.0. The highest BCUT2D eigenvalue weighted by atomic mass is 127. The Hall–Kier alpha value is -0.0500. The van der Waals surface area contributed by atoms with E-state index in [4.69, 9.17) is 0 Å². The van der Waals surface area contributed by atoms with Gasteiger partial charge in [-0.05, 0) is 36.8 Å². The third-order valence-electron chi connectivity index (χ3n) is 2.52. The van der Waals surface area contributed by atoms with Crippen molar-refractivity contribution in [3.05, 3.63) is 35.4 Å². The van der Waals surface area contributed by atoms with Crippen LogP contribution in [0.2, 0.25) is 0 Å². The number of benzene rings is 1. The highest BCUT2D eigenvalue weighted by Gasteiger charge is 2.12. The Kier molecular flexibility index (Phi) is 2.69. The first kappa shape index (κ1) is 8.54. The maximum atomic E-state index is 2.58. The largest absolute Gasteiger partial charge is 0.0823 e. The highest BCUT2D eigenvalue weighted by molar-refractivity contribution is 14.1. The van der Waals surface area contributed by atoms with Gasteiger partial charge >= 0.3 is 0 Å². The molecular formula is C11H13I. The van der Waals surface area contributed by atoms with Crippen LogP contribution < -0.4 is 0 Å². The molecule has 0 saturated heterocycles. The quantitative estimate of drug-likeness (QED) is 0.386. The predicted octanol–water partition coefficient (Wildman–Crippen LogP) is 3.37. The van der Waals surface area contributed by atoms with Crippen molar-refractivity contribution in [2.24, 2.45) is 0 Å². The van der Waals surface area contributed by atoms with E-state index in [-0.39, 0.29) is 0 Å². The summed E-state index contributed by atoms with van der Waals surface area (Å²) in [5.41, 5.74) is 3.16. The molecule has 0 N–H and O–H groups in total. The standard InChI is InChI=1S/C11H13I/c12-11-7-3-6-9-4-1-2-5-10(9)8-11/h1-2,4-5,11H,3,6-8H2. The van der Waals surface area contributed by atoms with Crippen molar-refractivity contribution in [1.29, 1.82) is 0 Å². The van der Waals surface area contributed by atoms with Gasteiger partial charge in [0.2, 0.25) is 0 Å². The molecule has 0 spiro atoms. The molecule has 0 amide bonds. The summed E-state index contributed by atoms with van der Waals surface area (Å²) in [6.07, 6.45) is 5.31. The summed E-state index contributed by atoms with van der Waals surface area (Å²) in [6.45, 7) is 0. The zero-order chi connectivity index (χ0) is 8.39. The minimum atomic E-state index is 0.853.